The van der Waals surface area contributed by atoms with Gasteiger partial charge >= 0.3 is 0 Å². The second-order valence-corrected chi connectivity index (χ2v) is 7.16. The average molecular weight is 346 g/mol. The van der Waals surface area contributed by atoms with Crippen molar-refractivity contribution in [3.8, 4) is 11.5 Å². The van der Waals surface area contributed by atoms with E-state index in [2.05, 4.69) is 9.80 Å². The van der Waals surface area contributed by atoms with E-state index in [1.165, 1.54) is 32.1 Å². The molecule has 0 aromatic heterocycles. The highest BCUT2D eigenvalue weighted by Gasteiger charge is 2.30. The predicted molar refractivity (Wildman–Crippen MR) is 98.3 cm³/mol. The molecule has 1 aromatic carbocycles. The molecule has 0 radical (unpaired) electrons. The number of ether oxygens (including phenoxy) is 2. The molecule has 0 unspecified atom stereocenters. The monoisotopic (exact) mass is 346 g/mol. The molecule has 1 saturated carbocycles. The van der Waals surface area contributed by atoms with Crippen molar-refractivity contribution in [1.82, 2.24) is 9.80 Å². The van der Waals surface area contributed by atoms with Gasteiger partial charge in [-0.2, -0.15) is 0 Å². The van der Waals surface area contributed by atoms with Crippen molar-refractivity contribution in [3.63, 3.8) is 0 Å². The lowest BCUT2D eigenvalue weighted by molar-refractivity contribution is -0.139. The number of amides is 1. The van der Waals surface area contributed by atoms with Crippen molar-refractivity contribution in [2.24, 2.45) is 0 Å². The molecule has 2 fully saturated rings. The Morgan fingerprint density at radius 1 is 1.12 bits per heavy atom. The molecule has 25 heavy (non-hydrogen) atoms. The van der Waals surface area contributed by atoms with Gasteiger partial charge in [0.25, 0.3) is 0 Å². The summed E-state index contributed by atoms with van der Waals surface area (Å²) in [5.41, 5.74) is 1.15. The van der Waals surface area contributed by atoms with Crippen molar-refractivity contribution >= 4 is 5.91 Å². The van der Waals surface area contributed by atoms with Crippen LogP contribution in [0.5, 0.6) is 11.5 Å². The molecule has 1 amide bonds. The Bertz CT molecular complexity index is 584. The molecule has 1 aliphatic heterocycles. The maximum Gasteiger partial charge on any atom is 0.237 e. The smallest absolute Gasteiger partial charge is 0.237 e. The van der Waals surface area contributed by atoms with Crippen LogP contribution in [0.3, 0.4) is 0 Å². The lowest BCUT2D eigenvalue weighted by Gasteiger charge is -2.40. The fraction of sp³-hybridized carbons (Fsp3) is 0.650. The first-order valence-electron chi connectivity index (χ1n) is 9.46. The number of carbonyl (C=O) groups is 1. The lowest BCUT2D eigenvalue weighted by Crippen LogP contribution is -2.54. The maximum absolute atomic E-state index is 12.5. The van der Waals surface area contributed by atoms with Crippen LogP contribution in [0.15, 0.2) is 18.2 Å². The van der Waals surface area contributed by atoms with Gasteiger partial charge in [0.2, 0.25) is 5.91 Å². The molecule has 2 aliphatic rings. The minimum atomic E-state index is 0.283. The summed E-state index contributed by atoms with van der Waals surface area (Å²) in [6.45, 7) is 5.68. The molecule has 1 saturated heterocycles. The number of piperazine rings is 1. The topological polar surface area (TPSA) is 42.0 Å². The summed E-state index contributed by atoms with van der Waals surface area (Å²) in [4.78, 5) is 16.8. The molecule has 1 aliphatic carbocycles. The van der Waals surface area contributed by atoms with Crippen LogP contribution in [0.4, 0.5) is 0 Å². The molecule has 138 valence electrons. The normalized spacial score (nSPS) is 19.9. The van der Waals surface area contributed by atoms with Gasteiger partial charge in [-0.05, 0) is 37.5 Å². The number of methoxy groups -OCH3 is 1. The van der Waals surface area contributed by atoms with Crippen LogP contribution in [-0.4, -0.2) is 61.6 Å². The molecule has 1 heterocycles. The fourth-order valence-corrected chi connectivity index (χ4v) is 3.88. The van der Waals surface area contributed by atoms with E-state index in [1.54, 1.807) is 7.11 Å². The number of benzene rings is 1. The standard InChI is InChI=1S/C20H30N2O3/c1-16-8-9-18(19(14-16)24-2)25-13-12-21-10-11-22(20(23)15-21)17-6-4-3-5-7-17/h8-9,14,17H,3-7,10-13,15H2,1-2H3. The molecule has 5 nitrogen and oxygen atoms in total. The Balaban J connectivity index is 1.45. The number of hydrogen-bond donors (Lipinski definition) is 0. The molecular formula is C20H30N2O3. The van der Waals surface area contributed by atoms with Gasteiger partial charge in [0.05, 0.1) is 13.7 Å². The van der Waals surface area contributed by atoms with E-state index in [-0.39, 0.29) is 5.91 Å². The molecular weight excluding hydrogens is 316 g/mol. The van der Waals surface area contributed by atoms with E-state index in [1.807, 2.05) is 25.1 Å². The molecule has 3 rings (SSSR count). The number of rotatable bonds is 6. The van der Waals surface area contributed by atoms with Crippen LogP contribution in [0.25, 0.3) is 0 Å². The first-order valence-corrected chi connectivity index (χ1v) is 9.46. The highest BCUT2D eigenvalue weighted by molar-refractivity contribution is 5.79. The number of hydrogen-bond acceptors (Lipinski definition) is 4. The minimum Gasteiger partial charge on any atom is -0.493 e. The summed E-state index contributed by atoms with van der Waals surface area (Å²) in [5, 5.41) is 0. The van der Waals surface area contributed by atoms with Crippen LogP contribution in [0, 0.1) is 6.92 Å². The largest absolute Gasteiger partial charge is 0.493 e. The van der Waals surface area contributed by atoms with Gasteiger partial charge in [-0.3, -0.25) is 9.69 Å². The van der Waals surface area contributed by atoms with E-state index >= 15 is 0 Å². The Labute approximate surface area is 150 Å². The van der Waals surface area contributed by atoms with Gasteiger partial charge in [0, 0.05) is 25.7 Å². The summed E-state index contributed by atoms with van der Waals surface area (Å²) in [6.07, 6.45) is 6.23. The molecule has 0 atom stereocenters. The second-order valence-electron chi connectivity index (χ2n) is 7.16. The summed E-state index contributed by atoms with van der Waals surface area (Å²) in [5.74, 6) is 1.81. The predicted octanol–water partition coefficient (Wildman–Crippen LogP) is 2.86. The first kappa shape index (κ1) is 18.1. The Morgan fingerprint density at radius 3 is 2.64 bits per heavy atom. The second kappa shape index (κ2) is 8.56. The van der Waals surface area contributed by atoms with E-state index in [0.717, 1.165) is 36.7 Å². The molecule has 0 bridgehead atoms. The van der Waals surface area contributed by atoms with E-state index in [0.29, 0.717) is 19.2 Å². The van der Waals surface area contributed by atoms with Gasteiger partial charge in [-0.15, -0.1) is 0 Å². The zero-order chi connectivity index (χ0) is 17.6. The highest BCUT2D eigenvalue weighted by atomic mass is 16.5. The van der Waals surface area contributed by atoms with Gasteiger partial charge in [-0.25, -0.2) is 0 Å². The lowest BCUT2D eigenvalue weighted by atomic mass is 9.93. The summed E-state index contributed by atoms with van der Waals surface area (Å²) < 4.78 is 11.2. The summed E-state index contributed by atoms with van der Waals surface area (Å²) in [7, 11) is 1.66. The Hall–Kier alpha value is -1.75. The summed E-state index contributed by atoms with van der Waals surface area (Å²) >= 11 is 0. The fourth-order valence-electron chi connectivity index (χ4n) is 3.88. The van der Waals surface area contributed by atoms with Gasteiger partial charge in [-0.1, -0.05) is 25.3 Å². The van der Waals surface area contributed by atoms with E-state index in [4.69, 9.17) is 9.47 Å². The molecule has 1 aromatic rings. The Morgan fingerprint density at radius 2 is 1.92 bits per heavy atom. The average Bonchev–Trinajstić information content (AvgIpc) is 2.63. The zero-order valence-corrected chi connectivity index (χ0v) is 15.5. The van der Waals surface area contributed by atoms with Gasteiger partial charge in [0.1, 0.15) is 6.61 Å². The molecule has 0 spiro atoms. The van der Waals surface area contributed by atoms with Crippen LogP contribution in [0.2, 0.25) is 0 Å². The SMILES string of the molecule is COc1cc(C)ccc1OCCN1CCN(C2CCCCC2)C(=O)C1. The van der Waals surface area contributed by atoms with Crippen molar-refractivity contribution in [3.05, 3.63) is 23.8 Å². The summed E-state index contributed by atoms with van der Waals surface area (Å²) in [6, 6.07) is 6.42. The third-order valence-electron chi connectivity index (χ3n) is 5.34. The molecule has 5 heteroatoms. The van der Waals surface area contributed by atoms with Crippen molar-refractivity contribution in [2.75, 3.05) is 39.9 Å². The Kier molecular flexibility index (Phi) is 6.19. The van der Waals surface area contributed by atoms with Crippen molar-refractivity contribution < 1.29 is 14.3 Å². The van der Waals surface area contributed by atoms with Gasteiger partial charge < -0.3 is 14.4 Å². The van der Waals surface area contributed by atoms with E-state index < -0.39 is 0 Å². The van der Waals surface area contributed by atoms with Crippen LogP contribution >= 0.6 is 0 Å². The quantitative estimate of drug-likeness (QED) is 0.794. The van der Waals surface area contributed by atoms with Crippen molar-refractivity contribution in [2.45, 2.75) is 45.1 Å². The number of aryl methyl sites for hydroxylation is 1. The first-order chi connectivity index (χ1) is 12.2. The van der Waals surface area contributed by atoms with Gasteiger partial charge in [0.15, 0.2) is 11.5 Å². The number of nitrogens with zero attached hydrogens (tertiary/aromatic N) is 2. The van der Waals surface area contributed by atoms with Crippen LogP contribution in [0.1, 0.15) is 37.7 Å². The number of carbonyl (C=O) groups excluding carboxylic acids is 1. The third-order valence-corrected chi connectivity index (χ3v) is 5.34. The van der Waals surface area contributed by atoms with E-state index in [9.17, 15) is 4.79 Å². The highest BCUT2D eigenvalue weighted by Crippen LogP contribution is 2.28. The minimum absolute atomic E-state index is 0.283. The van der Waals surface area contributed by atoms with Crippen LogP contribution in [-0.2, 0) is 4.79 Å². The van der Waals surface area contributed by atoms with Crippen LogP contribution < -0.4 is 9.47 Å². The van der Waals surface area contributed by atoms with Crippen molar-refractivity contribution in [1.29, 1.82) is 0 Å². The third kappa shape index (κ3) is 4.66. The zero-order valence-electron chi connectivity index (χ0n) is 15.5. The maximum atomic E-state index is 12.5. The molecule has 0 N–H and O–H groups in total.